The van der Waals surface area contributed by atoms with E-state index in [-0.39, 0.29) is 18.2 Å². The van der Waals surface area contributed by atoms with Crippen LogP contribution in [-0.4, -0.2) is 42.1 Å². The zero-order valence-corrected chi connectivity index (χ0v) is 19.4. The fourth-order valence-electron chi connectivity index (χ4n) is 2.73. The first-order valence-corrected chi connectivity index (χ1v) is 10.6. The maximum Gasteiger partial charge on any atom is 0.269 e. The second-order valence-electron chi connectivity index (χ2n) is 6.23. The Balaban J connectivity index is 1.81. The van der Waals surface area contributed by atoms with Gasteiger partial charge in [0.25, 0.3) is 11.6 Å². The molecule has 2 aromatic rings. The molecule has 0 aromatic heterocycles. The Labute approximate surface area is 191 Å². The van der Waals surface area contributed by atoms with E-state index in [1.165, 1.54) is 28.8 Å². The number of benzene rings is 2. The van der Waals surface area contributed by atoms with E-state index in [0.29, 0.717) is 21.6 Å². The highest BCUT2D eigenvalue weighted by Crippen LogP contribution is 2.37. The summed E-state index contributed by atoms with van der Waals surface area (Å²) in [4.78, 5) is 28.9. The standard InChI is InChI=1S/C20H18IN3O5S/c1-22-20-23(2)19(25)17(30-20)10-13-8-15(21)18(16(9-13)28-3)29-11-12-4-6-14(7-5-12)24(26)27/h4-10H,11H2,1-3H3/b17-10+,22-20?. The van der Waals surface area contributed by atoms with Crippen molar-refractivity contribution in [1.82, 2.24) is 4.90 Å². The number of halogens is 1. The van der Waals surface area contributed by atoms with Crippen molar-refractivity contribution in [2.24, 2.45) is 4.99 Å². The van der Waals surface area contributed by atoms with Gasteiger partial charge < -0.3 is 9.47 Å². The predicted octanol–water partition coefficient (Wildman–Crippen LogP) is 4.32. The topological polar surface area (TPSA) is 94.3 Å². The van der Waals surface area contributed by atoms with Crippen LogP contribution >= 0.6 is 34.4 Å². The van der Waals surface area contributed by atoms with Crippen molar-refractivity contribution in [3.63, 3.8) is 0 Å². The van der Waals surface area contributed by atoms with E-state index in [4.69, 9.17) is 9.47 Å². The molecule has 0 spiro atoms. The van der Waals surface area contributed by atoms with Crippen LogP contribution in [0.1, 0.15) is 11.1 Å². The van der Waals surface area contributed by atoms with Gasteiger partial charge >= 0.3 is 0 Å². The minimum atomic E-state index is -0.440. The number of ether oxygens (including phenoxy) is 2. The number of nitro groups is 1. The fourth-order valence-corrected chi connectivity index (χ4v) is 4.44. The summed E-state index contributed by atoms with van der Waals surface area (Å²) >= 11 is 3.47. The lowest BCUT2D eigenvalue weighted by Crippen LogP contribution is -2.23. The average Bonchev–Trinajstić information content (AvgIpc) is 3.00. The number of hydrogen-bond donors (Lipinski definition) is 0. The van der Waals surface area contributed by atoms with Gasteiger partial charge in [0.05, 0.1) is 20.5 Å². The minimum absolute atomic E-state index is 0.0320. The number of nitrogens with zero attached hydrogens (tertiary/aromatic N) is 3. The van der Waals surface area contributed by atoms with E-state index < -0.39 is 4.92 Å². The number of amidine groups is 1. The molecule has 0 radical (unpaired) electrons. The molecule has 1 heterocycles. The number of non-ortho nitro benzene ring substituents is 1. The number of rotatable bonds is 6. The molecule has 0 atom stereocenters. The van der Waals surface area contributed by atoms with Gasteiger partial charge in [0.2, 0.25) is 0 Å². The zero-order valence-electron chi connectivity index (χ0n) is 16.4. The third-order valence-corrected chi connectivity index (χ3v) is 6.23. The molecule has 0 bridgehead atoms. The van der Waals surface area contributed by atoms with E-state index in [0.717, 1.165) is 14.7 Å². The molecule has 3 rings (SSSR count). The molecule has 0 saturated carbocycles. The molecule has 10 heteroatoms. The van der Waals surface area contributed by atoms with Crippen molar-refractivity contribution in [3.05, 3.63) is 66.1 Å². The quantitative estimate of drug-likeness (QED) is 0.235. The molecule has 0 unspecified atom stereocenters. The summed E-state index contributed by atoms with van der Waals surface area (Å²) in [5.41, 5.74) is 1.64. The summed E-state index contributed by atoms with van der Waals surface area (Å²) in [6.45, 7) is 0.236. The molecule has 0 aliphatic carbocycles. The highest BCUT2D eigenvalue weighted by atomic mass is 127. The third-order valence-electron chi connectivity index (χ3n) is 4.27. The van der Waals surface area contributed by atoms with Gasteiger partial charge in [-0.05, 0) is 75.8 Å². The largest absolute Gasteiger partial charge is 0.493 e. The highest BCUT2D eigenvalue weighted by Gasteiger charge is 2.29. The van der Waals surface area contributed by atoms with Gasteiger partial charge in [-0.2, -0.15) is 0 Å². The average molecular weight is 539 g/mol. The lowest BCUT2D eigenvalue weighted by Gasteiger charge is -2.14. The van der Waals surface area contributed by atoms with Crippen LogP contribution in [0.2, 0.25) is 0 Å². The number of amides is 1. The molecule has 0 N–H and O–H groups in total. The van der Waals surface area contributed by atoms with E-state index in [1.807, 2.05) is 6.07 Å². The van der Waals surface area contributed by atoms with Gasteiger partial charge in [0.1, 0.15) is 6.61 Å². The Hall–Kier alpha value is -2.60. The number of nitro benzene ring substituents is 1. The number of methoxy groups -OCH3 is 1. The molecule has 30 heavy (non-hydrogen) atoms. The first-order chi connectivity index (χ1) is 14.3. The summed E-state index contributed by atoms with van der Waals surface area (Å²) in [5.74, 6) is 0.994. The first-order valence-electron chi connectivity index (χ1n) is 8.72. The van der Waals surface area contributed by atoms with Crippen molar-refractivity contribution in [2.75, 3.05) is 21.2 Å². The van der Waals surface area contributed by atoms with Crippen LogP contribution in [0.5, 0.6) is 11.5 Å². The normalized spacial score (nSPS) is 16.4. The Kier molecular flexibility index (Phi) is 6.98. The molecular formula is C20H18IN3O5S. The third kappa shape index (κ3) is 4.75. The molecule has 1 saturated heterocycles. The summed E-state index contributed by atoms with van der Waals surface area (Å²) in [6.07, 6.45) is 1.80. The molecule has 1 amide bonds. The van der Waals surface area contributed by atoms with Gasteiger partial charge in [0, 0.05) is 26.2 Å². The van der Waals surface area contributed by atoms with Gasteiger partial charge in [-0.15, -0.1) is 0 Å². The Morgan fingerprint density at radius 2 is 2.00 bits per heavy atom. The lowest BCUT2D eigenvalue weighted by atomic mass is 10.1. The Bertz CT molecular complexity index is 1050. The molecule has 1 fully saturated rings. The number of carbonyl (C=O) groups excluding carboxylic acids is 1. The van der Waals surface area contributed by atoms with Crippen LogP contribution < -0.4 is 9.47 Å². The molecule has 2 aromatic carbocycles. The SMILES string of the molecule is CN=C1S/C(=C/c2cc(I)c(OCc3ccc([N+](=O)[O-])cc3)c(OC)c2)C(=O)N1C. The van der Waals surface area contributed by atoms with Gasteiger partial charge in [-0.3, -0.25) is 24.8 Å². The van der Waals surface area contributed by atoms with Crippen LogP contribution in [-0.2, 0) is 11.4 Å². The fraction of sp³-hybridized carbons (Fsp3) is 0.200. The predicted molar refractivity (Wildman–Crippen MR) is 125 cm³/mol. The van der Waals surface area contributed by atoms with Gasteiger partial charge in [-0.25, -0.2) is 0 Å². The lowest BCUT2D eigenvalue weighted by molar-refractivity contribution is -0.384. The van der Waals surface area contributed by atoms with E-state index in [1.54, 1.807) is 45.5 Å². The smallest absolute Gasteiger partial charge is 0.269 e. The van der Waals surface area contributed by atoms with Crippen molar-refractivity contribution in [1.29, 1.82) is 0 Å². The second kappa shape index (κ2) is 9.47. The van der Waals surface area contributed by atoms with Crippen LogP contribution in [0.15, 0.2) is 46.3 Å². The number of hydrogen-bond acceptors (Lipinski definition) is 7. The maximum atomic E-state index is 12.4. The van der Waals surface area contributed by atoms with Crippen molar-refractivity contribution in [2.45, 2.75) is 6.61 Å². The first kappa shape index (κ1) is 22.1. The Morgan fingerprint density at radius 3 is 2.57 bits per heavy atom. The maximum absolute atomic E-state index is 12.4. The second-order valence-corrected chi connectivity index (χ2v) is 8.40. The van der Waals surface area contributed by atoms with Crippen LogP contribution in [0, 0.1) is 13.7 Å². The van der Waals surface area contributed by atoms with Gasteiger partial charge in [-0.1, -0.05) is 0 Å². The summed E-state index contributed by atoms with van der Waals surface area (Å²) in [6, 6.07) is 9.89. The molecule has 8 nitrogen and oxygen atoms in total. The van der Waals surface area contributed by atoms with Crippen LogP contribution in [0.25, 0.3) is 6.08 Å². The van der Waals surface area contributed by atoms with Crippen LogP contribution in [0.4, 0.5) is 5.69 Å². The zero-order chi connectivity index (χ0) is 21.8. The molecule has 156 valence electrons. The van der Waals surface area contributed by atoms with Crippen molar-refractivity contribution >= 4 is 57.2 Å². The molecular weight excluding hydrogens is 521 g/mol. The van der Waals surface area contributed by atoms with Crippen LogP contribution in [0.3, 0.4) is 0 Å². The summed E-state index contributed by atoms with van der Waals surface area (Å²) in [7, 11) is 4.89. The Morgan fingerprint density at radius 1 is 1.30 bits per heavy atom. The van der Waals surface area contributed by atoms with E-state index >= 15 is 0 Å². The minimum Gasteiger partial charge on any atom is -0.493 e. The number of aliphatic imine (C=N–C) groups is 1. The van der Waals surface area contributed by atoms with Crippen molar-refractivity contribution in [3.8, 4) is 11.5 Å². The highest BCUT2D eigenvalue weighted by molar-refractivity contribution is 14.1. The van der Waals surface area contributed by atoms with E-state index in [2.05, 4.69) is 27.6 Å². The van der Waals surface area contributed by atoms with Crippen molar-refractivity contribution < 1.29 is 19.2 Å². The number of likely N-dealkylation sites (N-methyl/N-ethyl adjacent to an activating group) is 1. The number of thioether (sulfide) groups is 1. The molecule has 1 aliphatic heterocycles. The summed E-state index contributed by atoms with van der Waals surface area (Å²) < 4.78 is 12.2. The monoisotopic (exact) mass is 539 g/mol. The molecule has 1 aliphatic rings. The summed E-state index contributed by atoms with van der Waals surface area (Å²) in [5, 5.41) is 11.4. The number of carbonyl (C=O) groups is 1. The van der Waals surface area contributed by atoms with E-state index in [9.17, 15) is 14.9 Å². The van der Waals surface area contributed by atoms with Gasteiger partial charge in [0.15, 0.2) is 16.7 Å².